The monoisotopic (exact) mass is 436 g/mol. The Bertz CT molecular complexity index is 1110. The van der Waals surface area contributed by atoms with Crippen LogP contribution in [0, 0.1) is 0 Å². The third kappa shape index (κ3) is 4.21. The first kappa shape index (κ1) is 20.2. The second-order valence-electron chi connectivity index (χ2n) is 8.11. The number of ether oxygens (including phenoxy) is 2. The largest absolute Gasteiger partial charge is 0.454 e. The molecule has 0 aromatic heterocycles. The summed E-state index contributed by atoms with van der Waals surface area (Å²) < 4.78 is 10.8. The molecule has 1 unspecified atom stereocenters. The lowest BCUT2D eigenvalue weighted by Gasteiger charge is -2.26. The van der Waals surface area contributed by atoms with Gasteiger partial charge in [-0.05, 0) is 47.4 Å². The van der Waals surface area contributed by atoms with E-state index in [0.717, 1.165) is 30.7 Å². The molecule has 31 heavy (non-hydrogen) atoms. The molecular formula is C25H25ClN2O3. The van der Waals surface area contributed by atoms with Gasteiger partial charge in [0.25, 0.3) is 0 Å². The quantitative estimate of drug-likeness (QED) is 0.535. The Hall–Kier alpha value is -2.76. The van der Waals surface area contributed by atoms with Crippen molar-refractivity contribution in [3.8, 4) is 11.5 Å². The second kappa shape index (κ2) is 8.77. The lowest BCUT2D eigenvalue weighted by molar-refractivity contribution is -0.129. The van der Waals surface area contributed by atoms with Crippen molar-refractivity contribution in [2.75, 3.05) is 13.3 Å². The van der Waals surface area contributed by atoms with Gasteiger partial charge in [-0.2, -0.15) is 0 Å². The molecule has 0 spiro atoms. The average molecular weight is 437 g/mol. The summed E-state index contributed by atoms with van der Waals surface area (Å²) in [7, 11) is 0. The first-order chi connectivity index (χ1) is 15.2. The molecule has 0 bridgehead atoms. The highest BCUT2D eigenvalue weighted by atomic mass is 35.5. The Morgan fingerprint density at radius 1 is 1.03 bits per heavy atom. The molecule has 1 amide bonds. The van der Waals surface area contributed by atoms with Gasteiger partial charge >= 0.3 is 0 Å². The Morgan fingerprint density at radius 3 is 2.74 bits per heavy atom. The van der Waals surface area contributed by atoms with Gasteiger partial charge in [-0.15, -0.1) is 0 Å². The zero-order valence-electron chi connectivity index (χ0n) is 17.3. The standard InChI is InChI=1S/C25H25ClN2O3/c26-22-13-24-23(30-16-31-24)12-19(22)14-27-11-10-20-8-9-25(29)28(20)15-18-6-3-5-17-4-1-2-7-21(17)18/h1-7,12-13,20,27H,8-11,14-16H2. The van der Waals surface area contributed by atoms with Crippen LogP contribution >= 0.6 is 11.6 Å². The first-order valence-electron chi connectivity index (χ1n) is 10.7. The van der Waals surface area contributed by atoms with Gasteiger partial charge in [-0.1, -0.05) is 54.1 Å². The minimum Gasteiger partial charge on any atom is -0.454 e. The van der Waals surface area contributed by atoms with Gasteiger partial charge in [0, 0.05) is 36.6 Å². The maximum absolute atomic E-state index is 12.6. The minimum absolute atomic E-state index is 0.241. The van der Waals surface area contributed by atoms with Crippen LogP contribution in [0.4, 0.5) is 0 Å². The molecule has 160 valence electrons. The number of hydrogen-bond donors (Lipinski definition) is 1. The molecule has 2 aliphatic rings. The van der Waals surface area contributed by atoms with Gasteiger partial charge < -0.3 is 19.7 Å². The zero-order valence-corrected chi connectivity index (χ0v) is 18.0. The highest BCUT2D eigenvalue weighted by Crippen LogP contribution is 2.36. The topological polar surface area (TPSA) is 50.8 Å². The van der Waals surface area contributed by atoms with Crippen LogP contribution < -0.4 is 14.8 Å². The SMILES string of the molecule is O=C1CCC(CCNCc2cc3c(cc2Cl)OCO3)N1Cc1cccc2ccccc12. The van der Waals surface area contributed by atoms with E-state index < -0.39 is 0 Å². The van der Waals surface area contributed by atoms with Crippen molar-refractivity contribution < 1.29 is 14.3 Å². The van der Waals surface area contributed by atoms with E-state index in [0.29, 0.717) is 30.3 Å². The predicted octanol–water partition coefficient (Wildman–Crippen LogP) is 4.89. The molecule has 5 rings (SSSR count). The van der Waals surface area contributed by atoms with E-state index in [4.69, 9.17) is 21.1 Å². The number of hydrogen-bond acceptors (Lipinski definition) is 4. The Balaban J connectivity index is 1.20. The fraction of sp³-hybridized carbons (Fsp3) is 0.320. The van der Waals surface area contributed by atoms with Gasteiger partial charge in [0.15, 0.2) is 11.5 Å². The minimum atomic E-state index is 0.241. The highest BCUT2D eigenvalue weighted by Gasteiger charge is 2.30. The van der Waals surface area contributed by atoms with Crippen molar-refractivity contribution in [1.82, 2.24) is 10.2 Å². The number of amides is 1. The fourth-order valence-corrected chi connectivity index (χ4v) is 4.73. The normalized spacial score (nSPS) is 17.6. The van der Waals surface area contributed by atoms with Crippen molar-refractivity contribution in [2.45, 2.75) is 38.4 Å². The summed E-state index contributed by atoms with van der Waals surface area (Å²) in [5.41, 5.74) is 2.19. The number of rotatable bonds is 7. The van der Waals surface area contributed by atoms with Gasteiger partial charge in [0.2, 0.25) is 12.7 Å². The number of nitrogens with one attached hydrogen (secondary N) is 1. The van der Waals surface area contributed by atoms with E-state index >= 15 is 0 Å². The molecule has 2 heterocycles. The van der Waals surface area contributed by atoms with Crippen LogP contribution in [-0.4, -0.2) is 30.2 Å². The summed E-state index contributed by atoms with van der Waals surface area (Å²) in [6.45, 7) is 2.37. The van der Waals surface area contributed by atoms with Crippen LogP contribution in [0.3, 0.4) is 0 Å². The third-order valence-corrected chi connectivity index (χ3v) is 6.54. The Kier molecular flexibility index (Phi) is 5.70. The molecule has 1 atom stereocenters. The van der Waals surface area contributed by atoms with Gasteiger partial charge in [-0.25, -0.2) is 0 Å². The number of carbonyl (C=O) groups excluding carboxylic acids is 1. The Morgan fingerprint density at radius 2 is 1.84 bits per heavy atom. The van der Waals surface area contributed by atoms with E-state index in [1.165, 1.54) is 16.3 Å². The molecule has 1 N–H and O–H groups in total. The van der Waals surface area contributed by atoms with Crippen LogP contribution in [0.2, 0.25) is 5.02 Å². The Labute approximate surface area is 186 Å². The molecule has 3 aromatic carbocycles. The number of fused-ring (bicyclic) bond motifs is 2. The van der Waals surface area contributed by atoms with Gasteiger partial charge in [-0.3, -0.25) is 4.79 Å². The second-order valence-corrected chi connectivity index (χ2v) is 8.52. The smallest absolute Gasteiger partial charge is 0.231 e. The van der Waals surface area contributed by atoms with Crippen molar-refractivity contribution in [2.24, 2.45) is 0 Å². The first-order valence-corrected chi connectivity index (χ1v) is 11.1. The maximum Gasteiger partial charge on any atom is 0.231 e. The zero-order chi connectivity index (χ0) is 21.2. The fourth-order valence-electron chi connectivity index (χ4n) is 4.51. The van der Waals surface area contributed by atoms with E-state index in [2.05, 4.69) is 46.6 Å². The molecule has 6 heteroatoms. The average Bonchev–Trinajstić information content (AvgIpc) is 3.38. The van der Waals surface area contributed by atoms with Crippen LogP contribution in [0.5, 0.6) is 11.5 Å². The summed E-state index contributed by atoms with van der Waals surface area (Å²) in [6, 6.07) is 18.7. The summed E-state index contributed by atoms with van der Waals surface area (Å²) in [4.78, 5) is 14.6. The van der Waals surface area contributed by atoms with Crippen LogP contribution in [0.1, 0.15) is 30.4 Å². The van der Waals surface area contributed by atoms with Crippen LogP contribution in [0.25, 0.3) is 10.8 Å². The molecule has 3 aromatic rings. The van der Waals surface area contributed by atoms with Crippen LogP contribution in [-0.2, 0) is 17.9 Å². The summed E-state index contributed by atoms with van der Waals surface area (Å²) in [6.07, 6.45) is 2.46. The number of nitrogens with zero attached hydrogens (tertiary/aromatic N) is 1. The third-order valence-electron chi connectivity index (χ3n) is 6.18. The molecular weight excluding hydrogens is 412 g/mol. The maximum atomic E-state index is 12.6. The number of benzene rings is 3. The summed E-state index contributed by atoms with van der Waals surface area (Å²) in [5.74, 6) is 1.68. The van der Waals surface area contributed by atoms with Crippen LogP contribution in [0.15, 0.2) is 54.6 Å². The van der Waals surface area contributed by atoms with E-state index in [1.807, 2.05) is 18.2 Å². The molecule has 0 radical (unpaired) electrons. The van der Waals surface area contributed by atoms with Gasteiger partial charge in [0.05, 0.1) is 0 Å². The highest BCUT2D eigenvalue weighted by molar-refractivity contribution is 6.31. The summed E-state index contributed by atoms with van der Waals surface area (Å²) >= 11 is 6.37. The number of likely N-dealkylation sites (tertiary alicyclic amines) is 1. The lowest BCUT2D eigenvalue weighted by Crippen LogP contribution is -2.34. The van der Waals surface area contributed by atoms with Crippen molar-refractivity contribution in [3.05, 3.63) is 70.7 Å². The predicted molar refractivity (Wildman–Crippen MR) is 121 cm³/mol. The van der Waals surface area contributed by atoms with Gasteiger partial charge in [0.1, 0.15) is 0 Å². The summed E-state index contributed by atoms with van der Waals surface area (Å²) in [5, 5.41) is 6.58. The van der Waals surface area contributed by atoms with Crippen molar-refractivity contribution >= 4 is 28.3 Å². The number of carbonyl (C=O) groups is 1. The van der Waals surface area contributed by atoms with E-state index in [1.54, 1.807) is 0 Å². The number of halogens is 1. The molecule has 0 aliphatic carbocycles. The van der Waals surface area contributed by atoms with Crippen molar-refractivity contribution in [3.63, 3.8) is 0 Å². The lowest BCUT2D eigenvalue weighted by atomic mass is 10.0. The van der Waals surface area contributed by atoms with Crippen molar-refractivity contribution in [1.29, 1.82) is 0 Å². The molecule has 1 fully saturated rings. The molecule has 5 nitrogen and oxygen atoms in total. The molecule has 2 aliphatic heterocycles. The molecule has 1 saturated heterocycles. The van der Waals surface area contributed by atoms with E-state index in [9.17, 15) is 4.79 Å². The van der Waals surface area contributed by atoms with E-state index in [-0.39, 0.29) is 18.7 Å². The molecule has 0 saturated carbocycles.